The highest BCUT2D eigenvalue weighted by Crippen LogP contribution is 2.61. The Morgan fingerprint density at radius 3 is 1.93 bits per heavy atom. The first-order valence-corrected chi connectivity index (χ1v) is 6.86. The molecule has 1 nitrogen and oxygen atoms in total. The first-order chi connectivity index (χ1) is 7.19. The summed E-state index contributed by atoms with van der Waals surface area (Å²) in [6.07, 6.45) is 10.8. The number of hydrogen-bond acceptors (Lipinski definition) is 1. The van der Waals surface area contributed by atoms with Crippen LogP contribution in [0.3, 0.4) is 0 Å². The van der Waals surface area contributed by atoms with E-state index in [0.29, 0.717) is 0 Å². The molecular formula is C14H25N. The Hall–Kier alpha value is -0.0400. The van der Waals surface area contributed by atoms with Gasteiger partial charge in [0.05, 0.1) is 0 Å². The van der Waals surface area contributed by atoms with Gasteiger partial charge in [-0.3, -0.25) is 0 Å². The largest absolute Gasteiger partial charge is 0.317 e. The fraction of sp³-hybridized carbons (Fsp3) is 1.00. The summed E-state index contributed by atoms with van der Waals surface area (Å²) in [5.74, 6) is 3.33. The predicted octanol–water partition coefficient (Wildman–Crippen LogP) is 3.20. The van der Waals surface area contributed by atoms with Gasteiger partial charge in [0.1, 0.15) is 0 Å². The highest BCUT2D eigenvalue weighted by Gasteiger charge is 2.50. The van der Waals surface area contributed by atoms with Crippen LogP contribution in [0.1, 0.15) is 51.9 Å². The van der Waals surface area contributed by atoms with Gasteiger partial charge >= 0.3 is 0 Å². The smallest absolute Gasteiger partial charge is 0.00410 e. The number of nitrogens with one attached hydrogen (secondary N) is 1. The topological polar surface area (TPSA) is 12.0 Å². The van der Waals surface area contributed by atoms with Crippen molar-refractivity contribution in [2.75, 3.05) is 7.05 Å². The van der Waals surface area contributed by atoms with E-state index in [1.807, 2.05) is 0 Å². The second-order valence-corrected chi connectivity index (χ2v) is 6.81. The summed E-state index contributed by atoms with van der Waals surface area (Å²) >= 11 is 0. The molecule has 0 radical (unpaired) electrons. The van der Waals surface area contributed by atoms with Gasteiger partial charge in [-0.2, -0.15) is 0 Å². The van der Waals surface area contributed by atoms with Crippen LogP contribution in [0, 0.1) is 23.2 Å². The maximum Gasteiger partial charge on any atom is 0.00410 e. The third-order valence-electron chi connectivity index (χ3n) is 5.40. The molecule has 15 heavy (non-hydrogen) atoms. The lowest BCUT2D eigenvalue weighted by Crippen LogP contribution is -2.48. The summed E-state index contributed by atoms with van der Waals surface area (Å²) in [6, 6.07) is 0.723. The molecule has 0 heterocycles. The van der Waals surface area contributed by atoms with E-state index in [0.717, 1.165) is 29.2 Å². The molecule has 0 spiro atoms. The second-order valence-electron chi connectivity index (χ2n) is 6.81. The fourth-order valence-electron chi connectivity index (χ4n) is 5.29. The van der Waals surface area contributed by atoms with Crippen molar-refractivity contribution >= 4 is 0 Å². The zero-order chi connectivity index (χ0) is 10.5. The van der Waals surface area contributed by atoms with Crippen LogP contribution in [-0.4, -0.2) is 13.1 Å². The van der Waals surface area contributed by atoms with Crippen LogP contribution in [0.4, 0.5) is 0 Å². The number of hydrogen-bond donors (Lipinski definition) is 1. The van der Waals surface area contributed by atoms with Gasteiger partial charge < -0.3 is 5.32 Å². The number of rotatable bonds is 3. The summed E-state index contributed by atoms with van der Waals surface area (Å²) in [5.41, 5.74) is 0.761. The molecule has 4 aliphatic rings. The normalized spacial score (nSPS) is 49.6. The van der Waals surface area contributed by atoms with Gasteiger partial charge in [-0.15, -0.1) is 0 Å². The Bertz CT molecular complexity index is 210. The van der Waals surface area contributed by atoms with E-state index >= 15 is 0 Å². The van der Waals surface area contributed by atoms with Crippen molar-refractivity contribution in [2.24, 2.45) is 23.2 Å². The minimum Gasteiger partial charge on any atom is -0.317 e. The SMILES string of the molecule is CNC(C)CC12CC3CC(CC(C3)C1)C2. The van der Waals surface area contributed by atoms with Crippen molar-refractivity contribution in [2.45, 2.75) is 57.9 Å². The average molecular weight is 207 g/mol. The minimum atomic E-state index is 0.723. The molecule has 4 aliphatic carbocycles. The molecule has 4 rings (SSSR count). The van der Waals surface area contributed by atoms with Crippen LogP contribution < -0.4 is 5.32 Å². The Morgan fingerprint density at radius 2 is 1.53 bits per heavy atom. The van der Waals surface area contributed by atoms with Crippen molar-refractivity contribution < 1.29 is 0 Å². The predicted molar refractivity (Wildman–Crippen MR) is 63.7 cm³/mol. The van der Waals surface area contributed by atoms with E-state index in [4.69, 9.17) is 0 Å². The lowest BCUT2D eigenvalue weighted by atomic mass is 9.48. The molecule has 0 saturated heterocycles. The van der Waals surface area contributed by atoms with E-state index in [2.05, 4.69) is 19.3 Å². The standard InChI is InChI=1S/C14H25N/c1-10(15-2)6-14-7-11-3-12(8-14)5-13(4-11)9-14/h10-13,15H,3-9H2,1-2H3. The van der Waals surface area contributed by atoms with Crippen molar-refractivity contribution in [1.29, 1.82) is 0 Å². The molecule has 4 fully saturated rings. The average Bonchev–Trinajstić information content (AvgIpc) is 2.14. The van der Waals surface area contributed by atoms with E-state index in [1.165, 1.54) is 6.42 Å². The third-order valence-corrected chi connectivity index (χ3v) is 5.40. The maximum absolute atomic E-state index is 3.44. The van der Waals surface area contributed by atoms with Crippen molar-refractivity contribution in [3.8, 4) is 0 Å². The van der Waals surface area contributed by atoms with Gasteiger partial charge in [0.15, 0.2) is 0 Å². The van der Waals surface area contributed by atoms with Crippen molar-refractivity contribution in [1.82, 2.24) is 5.32 Å². The third kappa shape index (κ3) is 1.73. The molecule has 0 aromatic heterocycles. The highest BCUT2D eigenvalue weighted by atomic mass is 14.9. The molecule has 0 aliphatic heterocycles. The van der Waals surface area contributed by atoms with Gasteiger partial charge in [0, 0.05) is 6.04 Å². The van der Waals surface area contributed by atoms with Crippen LogP contribution in [-0.2, 0) is 0 Å². The van der Waals surface area contributed by atoms with Crippen LogP contribution in [0.25, 0.3) is 0 Å². The van der Waals surface area contributed by atoms with Gasteiger partial charge in [0.2, 0.25) is 0 Å². The van der Waals surface area contributed by atoms with Gasteiger partial charge in [0.25, 0.3) is 0 Å². The van der Waals surface area contributed by atoms with Gasteiger partial charge in [-0.25, -0.2) is 0 Å². The highest BCUT2D eigenvalue weighted by molar-refractivity contribution is 5.02. The Morgan fingerprint density at radius 1 is 1.07 bits per heavy atom. The molecule has 1 unspecified atom stereocenters. The summed E-state index contributed by atoms with van der Waals surface area (Å²) in [7, 11) is 2.12. The molecule has 1 atom stereocenters. The van der Waals surface area contributed by atoms with E-state index < -0.39 is 0 Å². The lowest BCUT2D eigenvalue weighted by Gasteiger charge is -2.57. The summed E-state index contributed by atoms with van der Waals surface area (Å²) in [5, 5.41) is 3.44. The summed E-state index contributed by atoms with van der Waals surface area (Å²) in [6.45, 7) is 2.36. The van der Waals surface area contributed by atoms with Crippen LogP contribution >= 0.6 is 0 Å². The van der Waals surface area contributed by atoms with Crippen LogP contribution in [0.15, 0.2) is 0 Å². The van der Waals surface area contributed by atoms with Gasteiger partial charge in [-0.1, -0.05) is 0 Å². The van der Waals surface area contributed by atoms with Gasteiger partial charge in [-0.05, 0) is 82.1 Å². The monoisotopic (exact) mass is 207 g/mol. The lowest BCUT2D eigenvalue weighted by molar-refractivity contribution is -0.0608. The van der Waals surface area contributed by atoms with Crippen LogP contribution in [0.5, 0.6) is 0 Å². The molecule has 1 heteroatoms. The molecule has 0 aromatic carbocycles. The zero-order valence-electron chi connectivity index (χ0n) is 10.3. The minimum absolute atomic E-state index is 0.723. The molecule has 0 aromatic rings. The van der Waals surface area contributed by atoms with E-state index in [1.54, 1.807) is 38.5 Å². The van der Waals surface area contributed by atoms with Crippen molar-refractivity contribution in [3.05, 3.63) is 0 Å². The molecule has 4 saturated carbocycles. The van der Waals surface area contributed by atoms with Crippen LogP contribution in [0.2, 0.25) is 0 Å². The van der Waals surface area contributed by atoms with Crippen molar-refractivity contribution in [3.63, 3.8) is 0 Å². The van der Waals surface area contributed by atoms with E-state index in [9.17, 15) is 0 Å². The molecule has 86 valence electrons. The zero-order valence-corrected chi connectivity index (χ0v) is 10.3. The molecule has 1 N–H and O–H groups in total. The fourth-order valence-corrected chi connectivity index (χ4v) is 5.29. The quantitative estimate of drug-likeness (QED) is 0.749. The summed E-state index contributed by atoms with van der Waals surface area (Å²) < 4.78 is 0. The second kappa shape index (κ2) is 3.48. The molecule has 0 amide bonds. The van der Waals surface area contributed by atoms with E-state index in [-0.39, 0.29) is 0 Å². The first kappa shape index (κ1) is 10.1. The summed E-state index contributed by atoms with van der Waals surface area (Å²) in [4.78, 5) is 0. The Balaban J connectivity index is 1.75. The molecular weight excluding hydrogens is 182 g/mol. The maximum atomic E-state index is 3.44. The Kier molecular flexibility index (Phi) is 2.35. The molecule has 4 bridgehead atoms. The Labute approximate surface area is 94.0 Å². The first-order valence-electron chi connectivity index (χ1n) is 6.86.